The topological polar surface area (TPSA) is 237 Å². The van der Waals surface area contributed by atoms with Gasteiger partial charge < -0.3 is 33.8 Å². The molecule has 0 fully saturated rings. The molecular formula is C85H166O17P2. The van der Waals surface area contributed by atoms with E-state index in [0.717, 1.165) is 102 Å². The number of unbranched alkanes of at least 4 members (excludes halogenated alkanes) is 54. The molecule has 618 valence electrons. The summed E-state index contributed by atoms with van der Waals surface area (Å²) >= 11 is 0. The molecule has 0 bridgehead atoms. The molecule has 0 aromatic heterocycles. The average Bonchev–Trinajstić information content (AvgIpc) is 0.915. The van der Waals surface area contributed by atoms with E-state index in [-0.39, 0.29) is 25.7 Å². The SMILES string of the molecule is CCCCCCCCCCCCCCCCCCCCCCC(=O)O[C@H](COC(=O)CCCCCCCCCCCCCCCCCCC)COP(=O)(O)OC[C@@H](O)COP(=O)(O)OC[C@@H](COC(=O)CCCCCCCCCCC(C)C)OC(=O)CCCCCCCCCCCCCCCC(C)C. The second-order valence-electron chi connectivity index (χ2n) is 31.5. The summed E-state index contributed by atoms with van der Waals surface area (Å²) < 4.78 is 68.9. The summed E-state index contributed by atoms with van der Waals surface area (Å²) in [5.41, 5.74) is 0. The van der Waals surface area contributed by atoms with E-state index in [0.29, 0.717) is 25.7 Å². The van der Waals surface area contributed by atoms with Crippen LogP contribution in [0.5, 0.6) is 0 Å². The molecule has 2 unspecified atom stereocenters. The maximum atomic E-state index is 13.1. The van der Waals surface area contributed by atoms with Gasteiger partial charge in [0.25, 0.3) is 0 Å². The van der Waals surface area contributed by atoms with Gasteiger partial charge in [-0.05, 0) is 37.5 Å². The van der Waals surface area contributed by atoms with Crippen molar-refractivity contribution in [3.05, 3.63) is 0 Å². The zero-order chi connectivity index (χ0) is 76.4. The molecule has 0 aromatic carbocycles. The molecule has 0 aromatic rings. The minimum atomic E-state index is -4.96. The molecule has 5 atom stereocenters. The van der Waals surface area contributed by atoms with Crippen LogP contribution in [0.2, 0.25) is 0 Å². The molecule has 17 nitrogen and oxygen atoms in total. The van der Waals surface area contributed by atoms with Gasteiger partial charge in [-0.2, -0.15) is 0 Å². The third-order valence-corrected chi connectivity index (χ3v) is 21.9. The van der Waals surface area contributed by atoms with Gasteiger partial charge in [0, 0.05) is 25.7 Å². The van der Waals surface area contributed by atoms with Gasteiger partial charge in [0.05, 0.1) is 26.4 Å². The highest BCUT2D eigenvalue weighted by Crippen LogP contribution is 2.45. The molecule has 0 aliphatic carbocycles. The quantitative estimate of drug-likeness (QED) is 0.0222. The minimum absolute atomic E-state index is 0.107. The molecule has 3 N–H and O–H groups in total. The maximum Gasteiger partial charge on any atom is 0.472 e. The monoisotopic (exact) mass is 1520 g/mol. The first-order chi connectivity index (χ1) is 50.4. The van der Waals surface area contributed by atoms with Crippen LogP contribution in [0.4, 0.5) is 0 Å². The molecule has 0 saturated heterocycles. The van der Waals surface area contributed by atoms with Gasteiger partial charge in [0.2, 0.25) is 0 Å². The number of esters is 4. The summed E-state index contributed by atoms with van der Waals surface area (Å²) in [6.45, 7) is 9.65. The highest BCUT2D eigenvalue weighted by molar-refractivity contribution is 7.47. The number of phosphoric acid groups is 2. The van der Waals surface area contributed by atoms with Gasteiger partial charge >= 0.3 is 39.5 Å². The molecule has 19 heteroatoms. The van der Waals surface area contributed by atoms with Crippen LogP contribution in [0.1, 0.15) is 452 Å². The number of hydrogen-bond acceptors (Lipinski definition) is 15. The zero-order valence-corrected chi connectivity index (χ0v) is 70.1. The fourth-order valence-electron chi connectivity index (χ4n) is 13.2. The van der Waals surface area contributed by atoms with E-state index in [1.54, 1.807) is 0 Å². The smallest absolute Gasteiger partial charge is 0.462 e. The molecule has 0 heterocycles. The summed E-state index contributed by atoms with van der Waals surface area (Å²) in [5.74, 6) is -0.591. The lowest BCUT2D eigenvalue weighted by molar-refractivity contribution is -0.161. The minimum Gasteiger partial charge on any atom is -0.462 e. The largest absolute Gasteiger partial charge is 0.472 e. The van der Waals surface area contributed by atoms with Crippen molar-refractivity contribution in [2.45, 2.75) is 471 Å². The number of hydrogen-bond donors (Lipinski definition) is 3. The number of carbonyl (C=O) groups is 4. The summed E-state index contributed by atoms with van der Waals surface area (Å²) in [7, 11) is -9.93. The zero-order valence-electron chi connectivity index (χ0n) is 68.3. The number of ether oxygens (including phenoxy) is 4. The van der Waals surface area contributed by atoms with Gasteiger partial charge in [0.15, 0.2) is 12.2 Å². The molecule has 0 spiro atoms. The van der Waals surface area contributed by atoms with Gasteiger partial charge in [-0.1, -0.05) is 401 Å². The highest BCUT2D eigenvalue weighted by Gasteiger charge is 2.30. The van der Waals surface area contributed by atoms with Crippen LogP contribution in [-0.4, -0.2) is 96.7 Å². The predicted molar refractivity (Wildman–Crippen MR) is 428 cm³/mol. The van der Waals surface area contributed by atoms with Crippen LogP contribution in [0, 0.1) is 11.8 Å². The van der Waals surface area contributed by atoms with E-state index in [4.69, 9.17) is 37.0 Å². The van der Waals surface area contributed by atoms with E-state index >= 15 is 0 Å². The summed E-state index contributed by atoms with van der Waals surface area (Å²) in [4.78, 5) is 73.2. The van der Waals surface area contributed by atoms with Crippen molar-refractivity contribution < 1.29 is 80.2 Å². The number of phosphoric ester groups is 2. The average molecular weight is 1520 g/mol. The Labute approximate surface area is 638 Å². The van der Waals surface area contributed by atoms with E-state index in [1.807, 2.05) is 0 Å². The van der Waals surface area contributed by atoms with Crippen molar-refractivity contribution in [3.8, 4) is 0 Å². The van der Waals surface area contributed by atoms with Gasteiger partial charge in [-0.25, -0.2) is 9.13 Å². The standard InChI is InChI=1S/C85H166O17P2/c1-7-9-11-13-15-17-19-21-23-25-26-27-29-31-35-39-43-51-57-63-69-84(89)101-80(73-95-82(87)67-61-55-49-42-38-34-30-28-24-22-20-18-16-14-12-10-8-2)75-99-103(91,92)97-71-79(86)72-98-104(93,94)100-76-81(74-96-83(88)68-62-56-50-46-45-48-54-60-66-78(5)6)102-85(90)70-64-58-52-44-40-36-32-33-37-41-47-53-59-65-77(3)4/h77-81,86H,7-76H2,1-6H3,(H,91,92)(H,93,94)/t79-,80-,81-/m1/s1. The molecule has 0 aliphatic rings. The van der Waals surface area contributed by atoms with Crippen molar-refractivity contribution in [2.24, 2.45) is 11.8 Å². The van der Waals surface area contributed by atoms with Gasteiger partial charge in [0.1, 0.15) is 19.3 Å². The highest BCUT2D eigenvalue weighted by atomic mass is 31.2. The van der Waals surface area contributed by atoms with Gasteiger partial charge in [-0.3, -0.25) is 37.3 Å². The third kappa shape index (κ3) is 78.2. The molecule has 0 saturated carbocycles. The number of carbonyl (C=O) groups excluding carboxylic acids is 4. The van der Waals surface area contributed by atoms with Crippen LogP contribution in [-0.2, 0) is 65.4 Å². The number of aliphatic hydroxyl groups is 1. The van der Waals surface area contributed by atoms with Crippen LogP contribution in [0.15, 0.2) is 0 Å². The Morgan fingerprint density at radius 2 is 0.442 bits per heavy atom. The van der Waals surface area contributed by atoms with E-state index in [2.05, 4.69) is 41.5 Å². The molecule has 0 radical (unpaired) electrons. The lowest BCUT2D eigenvalue weighted by Gasteiger charge is -2.21. The second kappa shape index (κ2) is 76.4. The van der Waals surface area contributed by atoms with Crippen molar-refractivity contribution in [1.29, 1.82) is 0 Å². The number of aliphatic hydroxyl groups excluding tert-OH is 1. The Balaban J connectivity index is 5.24. The third-order valence-electron chi connectivity index (χ3n) is 20.0. The lowest BCUT2D eigenvalue weighted by atomic mass is 10.0. The normalized spacial score (nSPS) is 13.8. The molecule has 0 aliphatic heterocycles. The molecule has 104 heavy (non-hydrogen) atoms. The first-order valence-corrected chi connectivity index (χ1v) is 47.0. The van der Waals surface area contributed by atoms with Crippen LogP contribution in [0.3, 0.4) is 0 Å². The number of rotatable bonds is 84. The maximum absolute atomic E-state index is 13.1. The Bertz CT molecular complexity index is 1990. The van der Waals surface area contributed by atoms with Crippen molar-refractivity contribution in [2.75, 3.05) is 39.6 Å². The fourth-order valence-corrected chi connectivity index (χ4v) is 14.8. The van der Waals surface area contributed by atoms with Crippen LogP contribution < -0.4 is 0 Å². The first kappa shape index (κ1) is 102. The van der Waals surface area contributed by atoms with E-state index in [9.17, 15) is 43.2 Å². The molecular weight excluding hydrogens is 1350 g/mol. The van der Waals surface area contributed by atoms with E-state index in [1.165, 1.54) is 270 Å². The summed E-state index contributed by atoms with van der Waals surface area (Å²) in [6, 6.07) is 0. The van der Waals surface area contributed by atoms with E-state index < -0.39 is 97.5 Å². The Morgan fingerprint density at radius 1 is 0.260 bits per heavy atom. The van der Waals surface area contributed by atoms with Gasteiger partial charge in [-0.15, -0.1) is 0 Å². The summed E-state index contributed by atoms with van der Waals surface area (Å²) in [5, 5.41) is 10.7. The Morgan fingerprint density at radius 3 is 0.654 bits per heavy atom. The fraction of sp³-hybridized carbons (Fsp3) is 0.953. The molecule has 0 amide bonds. The van der Waals surface area contributed by atoms with Crippen molar-refractivity contribution >= 4 is 39.5 Å². The van der Waals surface area contributed by atoms with Crippen molar-refractivity contribution in [3.63, 3.8) is 0 Å². The lowest BCUT2D eigenvalue weighted by Crippen LogP contribution is -2.30. The molecule has 0 rings (SSSR count). The summed E-state index contributed by atoms with van der Waals surface area (Å²) in [6.07, 6.45) is 68.1. The van der Waals surface area contributed by atoms with Crippen molar-refractivity contribution in [1.82, 2.24) is 0 Å². The second-order valence-corrected chi connectivity index (χ2v) is 34.4. The predicted octanol–water partition coefficient (Wildman–Crippen LogP) is 25.8. The Hall–Kier alpha value is -1.94. The first-order valence-electron chi connectivity index (χ1n) is 44.0. The Kier molecular flexibility index (Phi) is 75.0. The van der Waals surface area contributed by atoms with Crippen LogP contribution in [0.25, 0.3) is 0 Å². The van der Waals surface area contributed by atoms with Crippen LogP contribution >= 0.6 is 15.6 Å².